The van der Waals surface area contributed by atoms with Gasteiger partial charge in [0.1, 0.15) is 6.61 Å². The Labute approximate surface area is 84.9 Å². The van der Waals surface area contributed by atoms with Crippen LogP contribution < -0.4 is 0 Å². The Morgan fingerprint density at radius 1 is 1.29 bits per heavy atom. The lowest BCUT2D eigenvalue weighted by Gasteiger charge is -2.01. The van der Waals surface area contributed by atoms with Crippen molar-refractivity contribution < 1.29 is 19.4 Å². The molecule has 0 saturated heterocycles. The standard InChI is InChI=1S/C9H8O4S/c10-8(11)14-9(12)13-6-7-4-2-1-3-5-7/h1-5H,6H2,(H,10,11). The third-order valence-corrected chi connectivity index (χ3v) is 1.83. The number of carbonyl (C=O) groups is 2. The number of benzene rings is 1. The summed E-state index contributed by atoms with van der Waals surface area (Å²) in [4.78, 5) is 20.9. The van der Waals surface area contributed by atoms with Gasteiger partial charge >= 0.3 is 10.6 Å². The Hall–Kier alpha value is -1.49. The molecule has 0 amide bonds. The molecule has 0 aliphatic rings. The van der Waals surface area contributed by atoms with Crippen molar-refractivity contribution in [3.8, 4) is 0 Å². The predicted molar refractivity (Wildman–Crippen MR) is 52.2 cm³/mol. The second-order valence-corrected chi connectivity index (χ2v) is 3.28. The molecule has 0 aliphatic heterocycles. The van der Waals surface area contributed by atoms with E-state index in [1.54, 1.807) is 12.1 Å². The van der Waals surface area contributed by atoms with Crippen LogP contribution in [0.1, 0.15) is 5.56 Å². The molecule has 0 spiro atoms. The Balaban J connectivity index is 2.34. The molecule has 1 rings (SSSR count). The smallest absolute Gasteiger partial charge is 0.378 e. The molecule has 1 N–H and O–H groups in total. The first kappa shape index (κ1) is 10.6. The number of hydrogen-bond donors (Lipinski definition) is 1. The number of thioether (sulfide) groups is 1. The van der Waals surface area contributed by atoms with Crippen molar-refractivity contribution in [3.63, 3.8) is 0 Å². The molecule has 0 unspecified atom stereocenters. The van der Waals surface area contributed by atoms with Gasteiger partial charge in [-0.25, -0.2) is 9.59 Å². The van der Waals surface area contributed by atoms with Crippen LogP contribution in [0.3, 0.4) is 0 Å². The summed E-state index contributed by atoms with van der Waals surface area (Å²) in [6.07, 6.45) is 0. The van der Waals surface area contributed by atoms with Gasteiger partial charge in [0.05, 0.1) is 11.8 Å². The Bertz CT molecular complexity index is 323. The largest absolute Gasteiger partial charge is 0.473 e. The highest BCUT2D eigenvalue weighted by molar-refractivity contribution is 8.25. The van der Waals surface area contributed by atoms with Crippen molar-refractivity contribution in [2.24, 2.45) is 0 Å². The maximum Gasteiger partial charge on any atom is 0.378 e. The van der Waals surface area contributed by atoms with Gasteiger partial charge in [-0.2, -0.15) is 0 Å². The second-order valence-electron chi connectivity index (χ2n) is 2.39. The van der Waals surface area contributed by atoms with Crippen LogP contribution in [0, 0.1) is 0 Å². The Morgan fingerprint density at radius 2 is 1.93 bits per heavy atom. The molecule has 74 valence electrons. The van der Waals surface area contributed by atoms with Crippen LogP contribution in [0.15, 0.2) is 30.3 Å². The number of ether oxygens (including phenoxy) is 1. The van der Waals surface area contributed by atoms with E-state index in [1.165, 1.54) is 0 Å². The Kier molecular flexibility index (Phi) is 4.00. The zero-order valence-electron chi connectivity index (χ0n) is 7.17. The van der Waals surface area contributed by atoms with Crippen LogP contribution in [-0.4, -0.2) is 15.7 Å². The highest BCUT2D eigenvalue weighted by Gasteiger charge is 2.09. The molecule has 0 heterocycles. The zero-order chi connectivity index (χ0) is 10.4. The molecule has 0 bridgehead atoms. The molecule has 0 fully saturated rings. The normalized spacial score (nSPS) is 9.43. The molecule has 1 aromatic carbocycles. The molecular weight excluding hydrogens is 204 g/mol. The van der Waals surface area contributed by atoms with E-state index in [4.69, 9.17) is 5.11 Å². The summed E-state index contributed by atoms with van der Waals surface area (Å²) in [5, 5.41) is 6.18. The van der Waals surface area contributed by atoms with E-state index >= 15 is 0 Å². The van der Waals surface area contributed by atoms with Crippen LogP contribution in [0.2, 0.25) is 0 Å². The van der Waals surface area contributed by atoms with Crippen LogP contribution in [0.25, 0.3) is 0 Å². The fourth-order valence-electron chi connectivity index (χ4n) is 0.817. The summed E-state index contributed by atoms with van der Waals surface area (Å²) in [6, 6.07) is 9.05. The first-order valence-electron chi connectivity index (χ1n) is 3.80. The van der Waals surface area contributed by atoms with E-state index in [9.17, 15) is 9.59 Å². The molecule has 0 atom stereocenters. The van der Waals surface area contributed by atoms with Crippen LogP contribution in [0.4, 0.5) is 9.59 Å². The number of carboxylic acid groups (broad SMARTS) is 1. The molecule has 1 aromatic rings. The minimum atomic E-state index is -1.26. The summed E-state index contributed by atoms with van der Waals surface area (Å²) in [5.41, 5.74) is 0.826. The summed E-state index contributed by atoms with van der Waals surface area (Å²) in [6.45, 7) is 0.0972. The first-order valence-corrected chi connectivity index (χ1v) is 4.61. The van der Waals surface area contributed by atoms with Crippen molar-refractivity contribution in [3.05, 3.63) is 35.9 Å². The monoisotopic (exact) mass is 212 g/mol. The van der Waals surface area contributed by atoms with Crippen molar-refractivity contribution >= 4 is 22.4 Å². The second kappa shape index (κ2) is 5.29. The summed E-state index contributed by atoms with van der Waals surface area (Å²) in [5.74, 6) is 0. The van der Waals surface area contributed by atoms with Crippen molar-refractivity contribution in [2.75, 3.05) is 0 Å². The van der Waals surface area contributed by atoms with Gasteiger partial charge in [-0.3, -0.25) is 0 Å². The molecule has 14 heavy (non-hydrogen) atoms. The summed E-state index contributed by atoms with van der Waals surface area (Å²) >= 11 is 0.129. The van der Waals surface area contributed by atoms with Gasteiger partial charge < -0.3 is 9.84 Å². The third-order valence-electron chi connectivity index (χ3n) is 1.37. The highest BCUT2D eigenvalue weighted by atomic mass is 32.2. The third kappa shape index (κ3) is 3.95. The van der Waals surface area contributed by atoms with E-state index < -0.39 is 10.6 Å². The molecule has 0 aliphatic carbocycles. The minimum absolute atomic E-state index is 0.0972. The molecule has 0 saturated carbocycles. The number of carbonyl (C=O) groups excluding carboxylic acids is 1. The highest BCUT2D eigenvalue weighted by Crippen LogP contribution is 2.09. The fraction of sp³-hybridized carbons (Fsp3) is 0.111. The van der Waals surface area contributed by atoms with Crippen molar-refractivity contribution in [1.82, 2.24) is 0 Å². The summed E-state index contributed by atoms with van der Waals surface area (Å²) in [7, 11) is 0. The van der Waals surface area contributed by atoms with Crippen LogP contribution >= 0.6 is 11.8 Å². The molecule has 0 aromatic heterocycles. The van der Waals surface area contributed by atoms with E-state index in [0.29, 0.717) is 0 Å². The van der Waals surface area contributed by atoms with E-state index in [1.807, 2.05) is 18.2 Å². The molecule has 5 heteroatoms. The van der Waals surface area contributed by atoms with Gasteiger partial charge in [0.15, 0.2) is 0 Å². The lowest BCUT2D eigenvalue weighted by molar-refractivity contribution is 0.168. The van der Waals surface area contributed by atoms with Crippen molar-refractivity contribution in [2.45, 2.75) is 6.61 Å². The Morgan fingerprint density at radius 3 is 2.50 bits per heavy atom. The van der Waals surface area contributed by atoms with E-state index in [2.05, 4.69) is 4.74 Å². The van der Waals surface area contributed by atoms with E-state index in [0.717, 1.165) is 5.56 Å². The molecular formula is C9H8O4S. The quantitative estimate of drug-likeness (QED) is 0.763. The summed E-state index contributed by atoms with van der Waals surface area (Å²) < 4.78 is 4.68. The topological polar surface area (TPSA) is 63.6 Å². The lowest BCUT2D eigenvalue weighted by atomic mass is 10.2. The van der Waals surface area contributed by atoms with Gasteiger partial charge in [0, 0.05) is 0 Å². The van der Waals surface area contributed by atoms with Gasteiger partial charge in [0.25, 0.3) is 0 Å². The fourth-order valence-corrected chi connectivity index (χ4v) is 1.08. The lowest BCUT2D eigenvalue weighted by Crippen LogP contribution is -2.00. The average molecular weight is 212 g/mol. The maximum absolute atomic E-state index is 10.8. The minimum Gasteiger partial charge on any atom is -0.473 e. The van der Waals surface area contributed by atoms with Crippen LogP contribution in [-0.2, 0) is 11.3 Å². The van der Waals surface area contributed by atoms with Gasteiger partial charge in [-0.1, -0.05) is 30.3 Å². The SMILES string of the molecule is O=C(O)SC(=O)OCc1ccccc1. The van der Waals surface area contributed by atoms with Gasteiger partial charge in [0.2, 0.25) is 0 Å². The number of hydrogen-bond acceptors (Lipinski definition) is 4. The van der Waals surface area contributed by atoms with Crippen molar-refractivity contribution in [1.29, 1.82) is 0 Å². The van der Waals surface area contributed by atoms with Gasteiger partial charge in [-0.15, -0.1) is 0 Å². The first-order chi connectivity index (χ1) is 6.68. The molecule has 0 radical (unpaired) electrons. The number of rotatable bonds is 2. The zero-order valence-corrected chi connectivity index (χ0v) is 7.99. The van der Waals surface area contributed by atoms with Gasteiger partial charge in [-0.05, 0) is 5.56 Å². The maximum atomic E-state index is 10.8. The molecule has 4 nitrogen and oxygen atoms in total. The predicted octanol–water partition coefficient (Wildman–Crippen LogP) is 2.73. The average Bonchev–Trinajstić information content (AvgIpc) is 2.15. The van der Waals surface area contributed by atoms with Crippen LogP contribution in [0.5, 0.6) is 0 Å². The van der Waals surface area contributed by atoms with E-state index in [-0.39, 0.29) is 18.4 Å².